The topological polar surface area (TPSA) is 21.1 Å². The first-order chi connectivity index (χ1) is 7.59. The van der Waals surface area contributed by atoms with Gasteiger partial charge in [0, 0.05) is 25.9 Å². The highest BCUT2D eigenvalue weighted by molar-refractivity contribution is 5.42. The number of anilines is 1. The first-order valence-corrected chi connectivity index (χ1v) is 5.08. The third kappa shape index (κ3) is 1.78. The van der Waals surface area contributed by atoms with Gasteiger partial charge in [-0.3, -0.25) is 0 Å². The number of benzene rings is 1. The molecule has 0 atom stereocenters. The van der Waals surface area contributed by atoms with Gasteiger partial charge in [0.2, 0.25) is 0 Å². The Balaban J connectivity index is 2.52. The minimum atomic E-state index is -0.265. The fourth-order valence-corrected chi connectivity index (χ4v) is 1.54. The highest BCUT2D eigenvalue weighted by Gasteiger charge is 2.10. The van der Waals surface area contributed by atoms with Crippen molar-refractivity contribution in [3.8, 4) is 5.69 Å². The van der Waals surface area contributed by atoms with Gasteiger partial charge in [0.25, 0.3) is 0 Å². The smallest absolute Gasteiger partial charge is 0.150 e. The summed E-state index contributed by atoms with van der Waals surface area (Å²) in [6.45, 7) is 1.91. The number of para-hydroxylation sites is 1. The van der Waals surface area contributed by atoms with E-state index >= 15 is 0 Å². The van der Waals surface area contributed by atoms with E-state index in [-0.39, 0.29) is 5.82 Å². The van der Waals surface area contributed by atoms with E-state index < -0.39 is 0 Å². The van der Waals surface area contributed by atoms with E-state index in [9.17, 15) is 4.39 Å². The zero-order valence-corrected chi connectivity index (χ0v) is 9.61. The van der Waals surface area contributed by atoms with Gasteiger partial charge in [0.1, 0.15) is 11.5 Å². The number of rotatable bonds is 2. The third-order valence-electron chi connectivity index (χ3n) is 2.41. The molecule has 2 aromatic rings. The van der Waals surface area contributed by atoms with Crippen LogP contribution in [0.2, 0.25) is 0 Å². The van der Waals surface area contributed by atoms with Gasteiger partial charge in [0.05, 0.1) is 0 Å². The Hall–Kier alpha value is -1.84. The van der Waals surface area contributed by atoms with Crippen molar-refractivity contribution in [2.24, 2.45) is 0 Å². The minimum Gasteiger partial charge on any atom is -0.361 e. The predicted octanol–water partition coefficient (Wildman–Crippen LogP) is 2.39. The fourth-order valence-electron chi connectivity index (χ4n) is 1.54. The maximum absolute atomic E-state index is 13.6. The molecule has 0 saturated carbocycles. The van der Waals surface area contributed by atoms with E-state index in [1.165, 1.54) is 6.07 Å². The Morgan fingerprint density at radius 3 is 2.50 bits per heavy atom. The monoisotopic (exact) mass is 219 g/mol. The normalized spacial score (nSPS) is 10.5. The van der Waals surface area contributed by atoms with Crippen molar-refractivity contribution in [3.63, 3.8) is 0 Å². The van der Waals surface area contributed by atoms with Crippen LogP contribution < -0.4 is 4.90 Å². The first kappa shape index (κ1) is 10.7. The van der Waals surface area contributed by atoms with Crippen LogP contribution in [0, 0.1) is 12.7 Å². The summed E-state index contributed by atoms with van der Waals surface area (Å²) in [5, 5.41) is 4.34. The summed E-state index contributed by atoms with van der Waals surface area (Å²) in [4.78, 5) is 1.89. The molecular weight excluding hydrogens is 205 g/mol. The molecule has 3 nitrogen and oxygen atoms in total. The molecule has 4 heteroatoms. The molecule has 2 rings (SSSR count). The summed E-state index contributed by atoms with van der Waals surface area (Å²) in [5.41, 5.74) is 1.39. The molecule has 0 radical (unpaired) electrons. The molecule has 16 heavy (non-hydrogen) atoms. The van der Waals surface area contributed by atoms with Crippen LogP contribution in [0.3, 0.4) is 0 Å². The summed E-state index contributed by atoms with van der Waals surface area (Å²) < 4.78 is 15.2. The maximum atomic E-state index is 13.6. The van der Waals surface area contributed by atoms with Crippen molar-refractivity contribution in [2.75, 3.05) is 19.0 Å². The molecule has 1 aromatic heterocycles. The SMILES string of the molecule is Cc1cc(N(C)C)nn1-c1ccccc1F. The Labute approximate surface area is 94.1 Å². The first-order valence-electron chi connectivity index (χ1n) is 5.08. The molecule has 0 spiro atoms. The summed E-state index contributed by atoms with van der Waals surface area (Å²) in [7, 11) is 3.82. The molecular formula is C12H14FN3. The number of hydrogen-bond acceptors (Lipinski definition) is 2. The number of nitrogens with zero attached hydrogens (tertiary/aromatic N) is 3. The van der Waals surface area contributed by atoms with Gasteiger partial charge >= 0.3 is 0 Å². The van der Waals surface area contributed by atoms with E-state index in [2.05, 4.69) is 5.10 Å². The number of hydrogen-bond donors (Lipinski definition) is 0. The molecule has 0 saturated heterocycles. The molecule has 0 aliphatic heterocycles. The Morgan fingerprint density at radius 1 is 1.25 bits per heavy atom. The zero-order valence-electron chi connectivity index (χ0n) is 9.61. The lowest BCUT2D eigenvalue weighted by Crippen LogP contribution is -2.10. The van der Waals surface area contributed by atoms with Gasteiger partial charge in [0.15, 0.2) is 5.82 Å². The van der Waals surface area contributed by atoms with Crippen molar-refractivity contribution in [1.82, 2.24) is 9.78 Å². The van der Waals surface area contributed by atoms with Crippen molar-refractivity contribution >= 4 is 5.82 Å². The number of aryl methyl sites for hydroxylation is 1. The van der Waals surface area contributed by atoms with Crippen molar-refractivity contribution in [3.05, 3.63) is 41.8 Å². The predicted molar refractivity (Wildman–Crippen MR) is 62.6 cm³/mol. The summed E-state index contributed by atoms with van der Waals surface area (Å²) in [6, 6.07) is 8.55. The second kappa shape index (κ2) is 3.96. The highest BCUT2D eigenvalue weighted by atomic mass is 19.1. The highest BCUT2D eigenvalue weighted by Crippen LogP contribution is 2.18. The average Bonchev–Trinajstić information content (AvgIpc) is 2.61. The Bertz CT molecular complexity index is 503. The minimum absolute atomic E-state index is 0.265. The van der Waals surface area contributed by atoms with Crippen LogP contribution in [-0.2, 0) is 0 Å². The molecule has 84 valence electrons. The third-order valence-corrected chi connectivity index (χ3v) is 2.41. The van der Waals surface area contributed by atoms with Crippen molar-refractivity contribution in [1.29, 1.82) is 0 Å². The van der Waals surface area contributed by atoms with Crippen molar-refractivity contribution in [2.45, 2.75) is 6.92 Å². The lowest BCUT2D eigenvalue weighted by molar-refractivity contribution is 0.608. The second-order valence-corrected chi connectivity index (χ2v) is 3.90. The van der Waals surface area contributed by atoms with Gasteiger partial charge in [-0.05, 0) is 19.1 Å². The Kier molecular flexibility index (Phi) is 2.64. The van der Waals surface area contributed by atoms with Gasteiger partial charge in [-0.25, -0.2) is 9.07 Å². The number of halogens is 1. The summed E-state index contributed by atoms with van der Waals surface area (Å²) >= 11 is 0. The second-order valence-electron chi connectivity index (χ2n) is 3.90. The van der Waals surface area contributed by atoms with Gasteiger partial charge in [-0.2, -0.15) is 0 Å². The van der Waals surface area contributed by atoms with E-state index in [0.717, 1.165) is 11.5 Å². The molecule has 0 bridgehead atoms. The van der Waals surface area contributed by atoms with Crippen LogP contribution in [0.25, 0.3) is 5.69 Å². The maximum Gasteiger partial charge on any atom is 0.150 e. The standard InChI is InChI=1S/C12H14FN3/c1-9-8-12(15(2)3)14-16(9)11-7-5-4-6-10(11)13/h4-8H,1-3H3. The van der Waals surface area contributed by atoms with Crippen LogP contribution >= 0.6 is 0 Å². The van der Waals surface area contributed by atoms with Gasteiger partial charge < -0.3 is 4.90 Å². The van der Waals surface area contributed by atoms with E-state index in [4.69, 9.17) is 0 Å². The van der Waals surface area contributed by atoms with Crippen molar-refractivity contribution < 1.29 is 4.39 Å². The zero-order chi connectivity index (χ0) is 11.7. The molecule has 0 aliphatic carbocycles. The van der Waals surface area contributed by atoms with Crippen LogP contribution in [0.1, 0.15) is 5.69 Å². The van der Waals surface area contributed by atoms with E-state index in [1.807, 2.05) is 32.0 Å². The molecule has 0 N–H and O–H groups in total. The quantitative estimate of drug-likeness (QED) is 0.773. The molecule has 0 aliphatic rings. The fraction of sp³-hybridized carbons (Fsp3) is 0.250. The summed E-state index contributed by atoms with van der Waals surface area (Å²) in [6.07, 6.45) is 0. The molecule has 1 aromatic carbocycles. The van der Waals surface area contributed by atoms with Gasteiger partial charge in [-0.15, -0.1) is 5.10 Å². The average molecular weight is 219 g/mol. The number of aromatic nitrogens is 2. The van der Waals surface area contributed by atoms with Crippen LogP contribution in [0.4, 0.5) is 10.2 Å². The summed E-state index contributed by atoms with van der Waals surface area (Å²) in [5.74, 6) is 0.555. The molecule has 0 amide bonds. The molecule has 1 heterocycles. The van der Waals surface area contributed by atoms with Crippen LogP contribution in [0.15, 0.2) is 30.3 Å². The van der Waals surface area contributed by atoms with Crippen LogP contribution in [-0.4, -0.2) is 23.9 Å². The molecule has 0 fully saturated rings. The lowest BCUT2D eigenvalue weighted by atomic mass is 10.3. The Morgan fingerprint density at radius 2 is 1.94 bits per heavy atom. The van der Waals surface area contributed by atoms with E-state index in [0.29, 0.717) is 5.69 Å². The van der Waals surface area contributed by atoms with Gasteiger partial charge in [-0.1, -0.05) is 12.1 Å². The lowest BCUT2D eigenvalue weighted by Gasteiger charge is -2.07. The largest absolute Gasteiger partial charge is 0.361 e. The van der Waals surface area contributed by atoms with E-state index in [1.54, 1.807) is 22.9 Å². The van der Waals surface area contributed by atoms with Crippen LogP contribution in [0.5, 0.6) is 0 Å². The molecule has 0 unspecified atom stereocenters.